The predicted octanol–water partition coefficient (Wildman–Crippen LogP) is 2.28. The van der Waals surface area contributed by atoms with E-state index in [1.807, 2.05) is 0 Å². The third-order valence-electron chi connectivity index (χ3n) is 2.24. The zero-order valence-corrected chi connectivity index (χ0v) is 8.95. The van der Waals surface area contributed by atoms with Crippen molar-refractivity contribution in [3.63, 3.8) is 0 Å². The molecule has 1 aromatic rings. The lowest BCUT2D eigenvalue weighted by Gasteiger charge is -2.17. The minimum atomic E-state index is -0.650. The van der Waals surface area contributed by atoms with E-state index in [0.717, 1.165) is 11.1 Å². The van der Waals surface area contributed by atoms with Crippen LogP contribution in [0, 0.1) is 11.6 Å². The molecule has 0 N–H and O–H groups in total. The predicted molar refractivity (Wildman–Crippen MR) is 57.4 cm³/mol. The van der Waals surface area contributed by atoms with Gasteiger partial charge < -0.3 is 0 Å². The molecule has 6 heteroatoms. The molecule has 0 radical (unpaired) electrons. The number of carbonyl (C=O) groups is 1. The van der Waals surface area contributed by atoms with Gasteiger partial charge in [0.15, 0.2) is 0 Å². The molecule has 0 saturated heterocycles. The summed E-state index contributed by atoms with van der Waals surface area (Å²) in [5.41, 5.74) is 0.414. The van der Waals surface area contributed by atoms with Crippen LogP contribution in [-0.2, 0) is 4.79 Å². The molecule has 3 nitrogen and oxygen atoms in total. The van der Waals surface area contributed by atoms with Gasteiger partial charge in [-0.15, -0.1) is 12.4 Å². The van der Waals surface area contributed by atoms with Crippen molar-refractivity contribution in [3.8, 4) is 0 Å². The van der Waals surface area contributed by atoms with Crippen LogP contribution < -0.4 is 0 Å². The maximum absolute atomic E-state index is 12.9. The molecule has 1 heterocycles. The fourth-order valence-corrected chi connectivity index (χ4v) is 1.59. The van der Waals surface area contributed by atoms with Crippen molar-refractivity contribution in [2.75, 3.05) is 0 Å². The Morgan fingerprint density at radius 3 is 2.50 bits per heavy atom. The molecule has 86 valence electrons. The molecular formula is C10H9ClF2N2O. The van der Waals surface area contributed by atoms with Gasteiger partial charge in [0.2, 0.25) is 6.41 Å². The highest BCUT2D eigenvalue weighted by atomic mass is 35.5. The molecule has 2 rings (SSSR count). The van der Waals surface area contributed by atoms with E-state index in [0.29, 0.717) is 18.4 Å². The lowest BCUT2D eigenvalue weighted by Crippen LogP contribution is -2.17. The van der Waals surface area contributed by atoms with Gasteiger partial charge in [-0.3, -0.25) is 4.79 Å². The second kappa shape index (κ2) is 5.03. The van der Waals surface area contributed by atoms with E-state index in [4.69, 9.17) is 0 Å². The highest BCUT2D eigenvalue weighted by Gasteiger charge is 2.23. The smallest absolute Gasteiger partial charge is 0.230 e. The molecular weight excluding hydrogens is 238 g/mol. The molecule has 0 aliphatic carbocycles. The summed E-state index contributed by atoms with van der Waals surface area (Å²) in [6, 6.07) is 2.82. The molecule has 0 saturated carbocycles. The Balaban J connectivity index is 0.00000128. The lowest BCUT2D eigenvalue weighted by molar-refractivity contribution is -0.119. The van der Waals surface area contributed by atoms with Crippen LogP contribution in [0.3, 0.4) is 0 Å². The molecule has 0 spiro atoms. The Bertz CT molecular complexity index is 405. The summed E-state index contributed by atoms with van der Waals surface area (Å²) in [6.45, 7) is 0. The normalized spacial score (nSPS) is 18.4. The molecule has 16 heavy (non-hydrogen) atoms. The van der Waals surface area contributed by atoms with Gasteiger partial charge >= 0.3 is 0 Å². The van der Waals surface area contributed by atoms with Crippen LogP contribution in [0.4, 0.5) is 8.78 Å². The van der Waals surface area contributed by atoms with Crippen molar-refractivity contribution in [2.24, 2.45) is 5.10 Å². The minimum absolute atomic E-state index is 0. The lowest BCUT2D eigenvalue weighted by atomic mass is 10.0. The van der Waals surface area contributed by atoms with Gasteiger partial charge in [-0.05, 0) is 17.7 Å². The summed E-state index contributed by atoms with van der Waals surface area (Å²) < 4.78 is 25.8. The molecule has 1 atom stereocenters. The Kier molecular flexibility index (Phi) is 3.95. The van der Waals surface area contributed by atoms with Crippen molar-refractivity contribution in [1.29, 1.82) is 0 Å². The van der Waals surface area contributed by atoms with Gasteiger partial charge in [-0.25, -0.2) is 13.8 Å². The highest BCUT2D eigenvalue weighted by Crippen LogP contribution is 2.27. The molecule has 1 aliphatic heterocycles. The standard InChI is InChI=1S/C10H8F2N2O.ClH/c11-8-3-7(4-9(12)5-8)10-1-2-13-14(10)6-15;/h2-6,10H,1H2;1H. The van der Waals surface area contributed by atoms with E-state index < -0.39 is 17.7 Å². The second-order valence-corrected chi connectivity index (χ2v) is 3.24. The van der Waals surface area contributed by atoms with Crippen LogP contribution in [0.5, 0.6) is 0 Å². The maximum Gasteiger partial charge on any atom is 0.230 e. The highest BCUT2D eigenvalue weighted by molar-refractivity contribution is 5.85. The number of rotatable bonds is 2. The molecule has 1 aliphatic rings. The fourth-order valence-electron chi connectivity index (χ4n) is 1.59. The van der Waals surface area contributed by atoms with Crippen molar-refractivity contribution in [3.05, 3.63) is 35.4 Å². The van der Waals surface area contributed by atoms with Gasteiger partial charge in [0, 0.05) is 18.7 Å². The zero-order chi connectivity index (χ0) is 10.8. The topological polar surface area (TPSA) is 32.7 Å². The van der Waals surface area contributed by atoms with Gasteiger partial charge in [0.25, 0.3) is 0 Å². The van der Waals surface area contributed by atoms with Crippen LogP contribution in [0.25, 0.3) is 0 Å². The Hall–Kier alpha value is -1.49. The van der Waals surface area contributed by atoms with Crippen molar-refractivity contribution in [2.45, 2.75) is 12.5 Å². The summed E-state index contributed by atoms with van der Waals surface area (Å²) >= 11 is 0. The summed E-state index contributed by atoms with van der Waals surface area (Å²) in [6.07, 6.45) is 2.56. The number of hydrazone groups is 1. The molecule has 1 amide bonds. The zero-order valence-electron chi connectivity index (χ0n) is 8.14. The first-order valence-corrected chi connectivity index (χ1v) is 4.43. The van der Waals surface area contributed by atoms with Crippen molar-refractivity contribution in [1.82, 2.24) is 5.01 Å². The maximum atomic E-state index is 12.9. The van der Waals surface area contributed by atoms with Gasteiger partial charge in [0.05, 0.1) is 6.04 Å². The Morgan fingerprint density at radius 1 is 1.31 bits per heavy atom. The number of halogens is 3. The van der Waals surface area contributed by atoms with E-state index in [9.17, 15) is 13.6 Å². The minimum Gasteiger partial charge on any atom is -0.277 e. The quantitative estimate of drug-likeness (QED) is 0.737. The van der Waals surface area contributed by atoms with E-state index in [2.05, 4.69) is 5.10 Å². The number of nitrogens with zero attached hydrogens (tertiary/aromatic N) is 2. The van der Waals surface area contributed by atoms with Crippen LogP contribution in [0.1, 0.15) is 18.0 Å². The largest absolute Gasteiger partial charge is 0.277 e. The van der Waals surface area contributed by atoms with Crippen LogP contribution in [0.15, 0.2) is 23.3 Å². The Labute approximate surface area is 97.2 Å². The summed E-state index contributed by atoms with van der Waals surface area (Å²) in [7, 11) is 0. The van der Waals surface area contributed by atoms with Crippen LogP contribution in [-0.4, -0.2) is 17.6 Å². The molecule has 1 unspecified atom stereocenters. The third-order valence-corrected chi connectivity index (χ3v) is 2.24. The van der Waals surface area contributed by atoms with Gasteiger partial charge in [-0.1, -0.05) is 0 Å². The van der Waals surface area contributed by atoms with Crippen molar-refractivity contribution >= 4 is 25.0 Å². The fraction of sp³-hybridized carbons (Fsp3) is 0.200. The number of hydrogen-bond acceptors (Lipinski definition) is 2. The monoisotopic (exact) mass is 246 g/mol. The van der Waals surface area contributed by atoms with Gasteiger partial charge in [-0.2, -0.15) is 5.10 Å². The molecule has 0 aromatic heterocycles. The number of carbonyl (C=O) groups excluding carboxylic acids is 1. The van der Waals surface area contributed by atoms with E-state index in [1.54, 1.807) is 6.21 Å². The van der Waals surface area contributed by atoms with E-state index in [-0.39, 0.29) is 12.4 Å². The second-order valence-electron chi connectivity index (χ2n) is 3.24. The van der Waals surface area contributed by atoms with E-state index in [1.165, 1.54) is 12.1 Å². The molecule has 0 bridgehead atoms. The third kappa shape index (κ3) is 2.36. The van der Waals surface area contributed by atoms with Crippen molar-refractivity contribution < 1.29 is 13.6 Å². The van der Waals surface area contributed by atoms with Crippen LogP contribution >= 0.6 is 12.4 Å². The Morgan fingerprint density at radius 2 is 1.94 bits per heavy atom. The first-order chi connectivity index (χ1) is 7.20. The average Bonchev–Trinajstić information content (AvgIpc) is 2.63. The summed E-state index contributed by atoms with van der Waals surface area (Å²) in [5.74, 6) is -1.30. The number of hydrogen-bond donors (Lipinski definition) is 0. The SMILES string of the molecule is Cl.O=CN1N=CCC1c1cc(F)cc(F)c1. The number of amides is 1. The first kappa shape index (κ1) is 12.6. The molecule has 0 fully saturated rings. The van der Waals surface area contributed by atoms with Gasteiger partial charge in [0.1, 0.15) is 11.6 Å². The van der Waals surface area contributed by atoms with Crippen LogP contribution in [0.2, 0.25) is 0 Å². The average molecular weight is 247 g/mol. The van der Waals surface area contributed by atoms with E-state index >= 15 is 0 Å². The first-order valence-electron chi connectivity index (χ1n) is 4.43. The summed E-state index contributed by atoms with van der Waals surface area (Å²) in [4.78, 5) is 10.6. The summed E-state index contributed by atoms with van der Waals surface area (Å²) in [5, 5.41) is 4.91. The number of benzene rings is 1. The molecule has 1 aromatic carbocycles.